The first kappa shape index (κ1) is 20.9. The Bertz CT molecular complexity index is 824. The number of halogens is 5. The van der Waals surface area contributed by atoms with E-state index in [1.54, 1.807) is 12.1 Å². The molecule has 0 aliphatic carbocycles. The quantitative estimate of drug-likeness (QED) is 0.271. The highest BCUT2D eigenvalue weighted by molar-refractivity contribution is 6.68. The Kier molecular flexibility index (Phi) is 6.82. The number of amides is 1. The number of non-ortho nitro benzene ring substituents is 1. The van der Waals surface area contributed by atoms with Crippen molar-refractivity contribution in [3.63, 3.8) is 0 Å². The molecule has 1 amide bonds. The number of hydrogen-bond acceptors (Lipinski definition) is 4. The Morgan fingerprint density at radius 3 is 2.23 bits per heavy atom. The van der Waals surface area contributed by atoms with Crippen LogP contribution in [0.2, 0.25) is 10.0 Å². The van der Waals surface area contributed by atoms with E-state index in [1.165, 1.54) is 30.3 Å². The van der Waals surface area contributed by atoms with Crippen LogP contribution >= 0.6 is 58.0 Å². The summed E-state index contributed by atoms with van der Waals surface area (Å²) in [5.41, 5.74) is 0.344. The van der Waals surface area contributed by atoms with Crippen LogP contribution in [-0.2, 0) is 0 Å². The molecule has 0 fully saturated rings. The molecule has 26 heavy (non-hydrogen) atoms. The predicted octanol–water partition coefficient (Wildman–Crippen LogP) is 5.44. The summed E-state index contributed by atoms with van der Waals surface area (Å²) in [4.78, 5) is 22.5. The SMILES string of the molecule is O=C(NC(Nc1cc(Cl)ccc1Cl)C(Cl)(Cl)Cl)c1ccc([N+](=O)[O-])cc1. The molecule has 1 unspecified atom stereocenters. The number of benzene rings is 2. The average Bonchev–Trinajstić information content (AvgIpc) is 2.56. The van der Waals surface area contributed by atoms with Gasteiger partial charge in [0, 0.05) is 22.7 Å². The van der Waals surface area contributed by atoms with Gasteiger partial charge >= 0.3 is 0 Å². The second-order valence-electron chi connectivity index (χ2n) is 5.02. The molecule has 0 aliphatic heterocycles. The molecule has 1 atom stereocenters. The summed E-state index contributed by atoms with van der Waals surface area (Å²) in [6.07, 6.45) is -1.16. The van der Waals surface area contributed by atoms with Crippen molar-refractivity contribution in [2.45, 2.75) is 9.96 Å². The van der Waals surface area contributed by atoms with E-state index in [0.29, 0.717) is 15.7 Å². The highest BCUT2D eigenvalue weighted by Gasteiger charge is 2.34. The van der Waals surface area contributed by atoms with Crippen LogP contribution in [0.4, 0.5) is 11.4 Å². The molecule has 0 aliphatic rings. The molecule has 2 aromatic rings. The van der Waals surface area contributed by atoms with Crippen molar-refractivity contribution in [3.8, 4) is 0 Å². The first-order chi connectivity index (χ1) is 12.1. The third kappa shape index (κ3) is 5.53. The first-order valence-corrected chi connectivity index (χ1v) is 8.80. The fourth-order valence-electron chi connectivity index (χ4n) is 1.91. The fourth-order valence-corrected chi connectivity index (χ4v) is 2.58. The van der Waals surface area contributed by atoms with Crippen LogP contribution in [0.1, 0.15) is 10.4 Å². The maximum atomic E-state index is 12.4. The van der Waals surface area contributed by atoms with Gasteiger partial charge in [0.15, 0.2) is 0 Å². The van der Waals surface area contributed by atoms with E-state index in [1.807, 2.05) is 0 Å². The lowest BCUT2D eigenvalue weighted by atomic mass is 10.2. The molecule has 2 aromatic carbocycles. The van der Waals surface area contributed by atoms with Gasteiger partial charge in [0.2, 0.25) is 3.79 Å². The van der Waals surface area contributed by atoms with Crippen LogP contribution in [0.15, 0.2) is 42.5 Å². The topological polar surface area (TPSA) is 84.3 Å². The maximum absolute atomic E-state index is 12.4. The second-order valence-corrected chi connectivity index (χ2v) is 8.23. The van der Waals surface area contributed by atoms with Gasteiger partial charge in [0.1, 0.15) is 6.17 Å². The zero-order valence-electron chi connectivity index (χ0n) is 12.7. The molecular weight excluding hydrogens is 447 g/mol. The van der Waals surface area contributed by atoms with E-state index in [-0.39, 0.29) is 11.3 Å². The number of nitrogens with zero attached hydrogens (tertiary/aromatic N) is 1. The Morgan fingerprint density at radius 1 is 1.08 bits per heavy atom. The van der Waals surface area contributed by atoms with E-state index in [4.69, 9.17) is 58.0 Å². The van der Waals surface area contributed by atoms with Crippen molar-refractivity contribution in [1.29, 1.82) is 0 Å². The Hall–Kier alpha value is -1.44. The van der Waals surface area contributed by atoms with E-state index < -0.39 is 20.8 Å². The normalized spacial score (nSPS) is 12.3. The van der Waals surface area contributed by atoms with Crippen molar-refractivity contribution in [2.24, 2.45) is 0 Å². The zero-order chi connectivity index (χ0) is 19.5. The van der Waals surface area contributed by atoms with Crippen molar-refractivity contribution >= 4 is 75.3 Å². The molecule has 2 N–H and O–H groups in total. The van der Waals surface area contributed by atoms with Crippen LogP contribution in [-0.4, -0.2) is 20.8 Å². The number of hydrogen-bond donors (Lipinski definition) is 2. The fraction of sp³-hybridized carbons (Fsp3) is 0.133. The Morgan fingerprint density at radius 2 is 1.69 bits per heavy atom. The van der Waals surface area contributed by atoms with Gasteiger partial charge in [-0.1, -0.05) is 58.0 Å². The second kappa shape index (κ2) is 8.50. The summed E-state index contributed by atoms with van der Waals surface area (Å²) in [6.45, 7) is 0. The summed E-state index contributed by atoms with van der Waals surface area (Å²) in [5, 5.41) is 16.7. The zero-order valence-corrected chi connectivity index (χ0v) is 16.5. The summed E-state index contributed by atoms with van der Waals surface area (Å²) >= 11 is 29.8. The summed E-state index contributed by atoms with van der Waals surface area (Å²) < 4.78 is -1.93. The van der Waals surface area contributed by atoms with Crippen molar-refractivity contribution in [2.75, 3.05) is 5.32 Å². The number of rotatable bonds is 5. The predicted molar refractivity (Wildman–Crippen MR) is 105 cm³/mol. The molecule has 0 spiro atoms. The minimum atomic E-state index is -1.93. The van der Waals surface area contributed by atoms with Gasteiger partial charge in [0.05, 0.1) is 15.6 Å². The van der Waals surface area contributed by atoms with Crippen LogP contribution < -0.4 is 10.6 Å². The van der Waals surface area contributed by atoms with Crippen LogP contribution in [0.5, 0.6) is 0 Å². The van der Waals surface area contributed by atoms with E-state index in [0.717, 1.165) is 0 Å². The minimum absolute atomic E-state index is 0.147. The van der Waals surface area contributed by atoms with Crippen molar-refractivity contribution in [1.82, 2.24) is 5.32 Å². The lowest BCUT2D eigenvalue weighted by Crippen LogP contribution is -2.49. The van der Waals surface area contributed by atoms with E-state index >= 15 is 0 Å². The van der Waals surface area contributed by atoms with Gasteiger partial charge in [0.25, 0.3) is 11.6 Å². The number of nitro groups is 1. The smallest absolute Gasteiger partial charge is 0.269 e. The number of nitro benzene ring substituents is 1. The van der Waals surface area contributed by atoms with Crippen LogP contribution in [0.25, 0.3) is 0 Å². The van der Waals surface area contributed by atoms with Crippen LogP contribution in [0.3, 0.4) is 0 Å². The maximum Gasteiger partial charge on any atom is 0.269 e. The number of alkyl halides is 3. The molecule has 138 valence electrons. The third-order valence-corrected chi connectivity index (χ3v) is 4.39. The molecule has 2 rings (SSSR count). The van der Waals surface area contributed by atoms with Crippen LogP contribution in [0, 0.1) is 10.1 Å². The standard InChI is InChI=1S/C15H10Cl5N3O3/c16-9-3-6-11(17)12(7-9)21-14(15(18,19)20)22-13(24)8-1-4-10(5-2-8)23(25)26/h1-7,14,21H,(H,22,24). The average molecular weight is 458 g/mol. The molecular formula is C15H10Cl5N3O3. The summed E-state index contributed by atoms with van der Waals surface area (Å²) in [5.74, 6) is -0.609. The van der Waals surface area contributed by atoms with Crippen molar-refractivity contribution < 1.29 is 9.72 Å². The number of anilines is 1. The first-order valence-electron chi connectivity index (χ1n) is 6.91. The van der Waals surface area contributed by atoms with Gasteiger partial charge in [-0.25, -0.2) is 0 Å². The highest BCUT2D eigenvalue weighted by Crippen LogP contribution is 2.34. The molecule has 0 radical (unpaired) electrons. The highest BCUT2D eigenvalue weighted by atomic mass is 35.6. The summed E-state index contributed by atoms with van der Waals surface area (Å²) in [6, 6.07) is 9.59. The minimum Gasteiger partial charge on any atom is -0.361 e. The van der Waals surface area contributed by atoms with Gasteiger partial charge in [-0.3, -0.25) is 14.9 Å². The molecule has 0 saturated carbocycles. The van der Waals surface area contributed by atoms with Gasteiger partial charge in [-0.2, -0.15) is 0 Å². The van der Waals surface area contributed by atoms with Crippen molar-refractivity contribution in [3.05, 3.63) is 68.2 Å². The molecule has 0 heterocycles. The Balaban J connectivity index is 2.21. The lowest BCUT2D eigenvalue weighted by Gasteiger charge is -2.28. The van der Waals surface area contributed by atoms with Gasteiger partial charge in [-0.05, 0) is 30.3 Å². The monoisotopic (exact) mass is 455 g/mol. The molecule has 0 aromatic heterocycles. The Labute approximate surface area is 173 Å². The van der Waals surface area contributed by atoms with E-state index in [2.05, 4.69) is 10.6 Å². The molecule has 11 heteroatoms. The van der Waals surface area contributed by atoms with E-state index in [9.17, 15) is 14.9 Å². The van der Waals surface area contributed by atoms with Gasteiger partial charge in [-0.15, -0.1) is 0 Å². The molecule has 0 saturated heterocycles. The number of carbonyl (C=O) groups excluding carboxylic acids is 1. The molecule has 6 nitrogen and oxygen atoms in total. The largest absolute Gasteiger partial charge is 0.361 e. The van der Waals surface area contributed by atoms with Gasteiger partial charge < -0.3 is 10.6 Å². The number of nitrogens with one attached hydrogen (secondary N) is 2. The lowest BCUT2D eigenvalue weighted by molar-refractivity contribution is -0.384. The molecule has 0 bridgehead atoms. The summed E-state index contributed by atoms with van der Waals surface area (Å²) in [7, 11) is 0. The third-order valence-electron chi connectivity index (χ3n) is 3.17. The number of carbonyl (C=O) groups is 1.